The van der Waals surface area contributed by atoms with Gasteiger partial charge in [-0.1, -0.05) is 23.4 Å². The number of nitrogens with one attached hydrogen (secondary N) is 1. The standard InChI is InChI=1S/C24H26N4O3S/c1-16-4-3-5-17(2)22(16)28(24(30)19-10-12-32-13-11-19)14-21(29)26-20-8-6-18(7-9-20)23-25-15-31-27-23/h3-9,15,19H,10-14H2,1-2H3,(H,26,29). The first kappa shape index (κ1) is 22.1. The van der Waals surface area contributed by atoms with Gasteiger partial charge in [-0.25, -0.2) is 0 Å². The SMILES string of the molecule is Cc1cccc(C)c1N(CC(=O)Nc1ccc(-c2ncon2)cc1)C(=O)C1CCSCC1. The molecule has 4 rings (SSSR count). The molecule has 2 aromatic carbocycles. The summed E-state index contributed by atoms with van der Waals surface area (Å²) >= 11 is 1.88. The van der Waals surface area contributed by atoms with E-state index in [0.29, 0.717) is 11.5 Å². The van der Waals surface area contributed by atoms with Crippen molar-refractivity contribution in [1.29, 1.82) is 0 Å². The topological polar surface area (TPSA) is 88.3 Å². The molecule has 0 spiro atoms. The van der Waals surface area contributed by atoms with Gasteiger partial charge in [-0.15, -0.1) is 0 Å². The number of rotatable bonds is 6. The minimum atomic E-state index is -0.238. The van der Waals surface area contributed by atoms with Gasteiger partial charge in [-0.05, 0) is 73.6 Å². The van der Waals surface area contributed by atoms with Crippen LogP contribution in [0.4, 0.5) is 11.4 Å². The van der Waals surface area contributed by atoms with Crippen LogP contribution in [0.3, 0.4) is 0 Å². The highest BCUT2D eigenvalue weighted by Crippen LogP contribution is 2.30. The molecule has 8 heteroatoms. The normalized spacial score (nSPS) is 14.2. The van der Waals surface area contributed by atoms with E-state index in [1.54, 1.807) is 17.0 Å². The van der Waals surface area contributed by atoms with Crippen molar-refractivity contribution in [2.75, 3.05) is 28.3 Å². The third-order valence-electron chi connectivity index (χ3n) is 5.64. The van der Waals surface area contributed by atoms with Gasteiger partial charge in [0.2, 0.25) is 24.0 Å². The fraction of sp³-hybridized carbons (Fsp3) is 0.333. The second-order valence-electron chi connectivity index (χ2n) is 7.93. The first-order valence-electron chi connectivity index (χ1n) is 10.6. The lowest BCUT2D eigenvalue weighted by molar-refractivity contribution is -0.124. The van der Waals surface area contributed by atoms with Crippen LogP contribution in [-0.2, 0) is 9.59 Å². The van der Waals surface area contributed by atoms with Crippen LogP contribution in [0.2, 0.25) is 0 Å². The van der Waals surface area contributed by atoms with Gasteiger partial charge in [0.1, 0.15) is 6.54 Å². The Morgan fingerprint density at radius 2 is 1.78 bits per heavy atom. The molecule has 0 unspecified atom stereocenters. The van der Waals surface area contributed by atoms with Crippen molar-refractivity contribution in [1.82, 2.24) is 10.1 Å². The van der Waals surface area contributed by atoms with E-state index in [1.807, 2.05) is 55.9 Å². The molecule has 2 amide bonds. The molecule has 1 N–H and O–H groups in total. The molecular formula is C24H26N4O3S. The molecule has 1 aliphatic rings. The van der Waals surface area contributed by atoms with Crippen LogP contribution in [0.15, 0.2) is 53.4 Å². The van der Waals surface area contributed by atoms with E-state index in [9.17, 15) is 9.59 Å². The summed E-state index contributed by atoms with van der Waals surface area (Å²) in [7, 11) is 0. The number of hydrogen-bond donors (Lipinski definition) is 1. The number of thioether (sulfide) groups is 1. The third kappa shape index (κ3) is 5.02. The van der Waals surface area contributed by atoms with Crippen molar-refractivity contribution in [3.8, 4) is 11.4 Å². The summed E-state index contributed by atoms with van der Waals surface area (Å²) in [5, 5.41) is 6.72. The van der Waals surface area contributed by atoms with E-state index < -0.39 is 0 Å². The van der Waals surface area contributed by atoms with Gasteiger partial charge in [-0.2, -0.15) is 16.7 Å². The van der Waals surface area contributed by atoms with Gasteiger partial charge in [0.05, 0.1) is 5.69 Å². The van der Waals surface area contributed by atoms with E-state index in [1.165, 1.54) is 6.39 Å². The van der Waals surface area contributed by atoms with Crippen LogP contribution in [0, 0.1) is 19.8 Å². The van der Waals surface area contributed by atoms with E-state index >= 15 is 0 Å². The highest BCUT2D eigenvalue weighted by molar-refractivity contribution is 7.99. The van der Waals surface area contributed by atoms with Gasteiger partial charge in [0, 0.05) is 17.2 Å². The molecule has 1 saturated heterocycles. The smallest absolute Gasteiger partial charge is 0.244 e. The van der Waals surface area contributed by atoms with Crippen molar-refractivity contribution >= 4 is 35.0 Å². The molecule has 3 aromatic rings. The number of aromatic nitrogens is 2. The number of nitrogens with zero attached hydrogens (tertiary/aromatic N) is 3. The van der Waals surface area contributed by atoms with Crippen LogP contribution < -0.4 is 10.2 Å². The summed E-state index contributed by atoms with van der Waals surface area (Å²) in [4.78, 5) is 32.1. The fourth-order valence-electron chi connectivity index (χ4n) is 4.01. The van der Waals surface area contributed by atoms with Gasteiger partial charge in [-0.3, -0.25) is 9.59 Å². The summed E-state index contributed by atoms with van der Waals surface area (Å²) in [6, 6.07) is 13.1. The average molecular weight is 451 g/mol. The quantitative estimate of drug-likeness (QED) is 0.596. The lowest BCUT2D eigenvalue weighted by atomic mass is 9.99. The number of para-hydroxylation sites is 1. The third-order valence-corrected chi connectivity index (χ3v) is 6.68. The lowest BCUT2D eigenvalue weighted by Gasteiger charge is -2.31. The Kier molecular flexibility index (Phi) is 6.90. The van der Waals surface area contributed by atoms with Crippen molar-refractivity contribution in [2.24, 2.45) is 5.92 Å². The Labute approximate surface area is 191 Å². The summed E-state index contributed by atoms with van der Waals surface area (Å²) in [5.41, 5.74) is 4.24. The number of hydrogen-bond acceptors (Lipinski definition) is 6. The van der Waals surface area contributed by atoms with E-state index in [2.05, 4.69) is 15.5 Å². The molecule has 32 heavy (non-hydrogen) atoms. The molecule has 1 fully saturated rings. The Balaban J connectivity index is 1.52. The predicted octanol–water partition coefficient (Wildman–Crippen LogP) is 4.47. The Hall–Kier alpha value is -3.13. The minimum Gasteiger partial charge on any atom is -0.342 e. The molecule has 0 saturated carbocycles. The second kappa shape index (κ2) is 9.99. The molecule has 0 aliphatic carbocycles. The minimum absolute atomic E-state index is 0.0270. The zero-order valence-electron chi connectivity index (χ0n) is 18.2. The molecule has 1 aliphatic heterocycles. The molecular weight excluding hydrogens is 424 g/mol. The maximum Gasteiger partial charge on any atom is 0.244 e. The number of amides is 2. The molecule has 0 bridgehead atoms. The number of carbonyl (C=O) groups excluding carboxylic acids is 2. The summed E-state index contributed by atoms with van der Waals surface area (Å²) in [5.74, 6) is 2.20. The van der Waals surface area contributed by atoms with E-state index in [-0.39, 0.29) is 24.3 Å². The van der Waals surface area contributed by atoms with Crippen LogP contribution >= 0.6 is 11.8 Å². The largest absolute Gasteiger partial charge is 0.342 e. The lowest BCUT2D eigenvalue weighted by Crippen LogP contribution is -2.43. The Bertz CT molecular complexity index is 1060. The fourth-order valence-corrected chi connectivity index (χ4v) is 5.11. The van der Waals surface area contributed by atoms with Gasteiger partial charge in [0.25, 0.3) is 0 Å². The maximum atomic E-state index is 13.5. The van der Waals surface area contributed by atoms with Crippen molar-refractivity contribution < 1.29 is 14.1 Å². The Morgan fingerprint density at radius 3 is 2.41 bits per heavy atom. The maximum absolute atomic E-state index is 13.5. The molecule has 1 aromatic heterocycles. The van der Waals surface area contributed by atoms with Crippen molar-refractivity contribution in [2.45, 2.75) is 26.7 Å². The van der Waals surface area contributed by atoms with Gasteiger partial charge >= 0.3 is 0 Å². The van der Waals surface area contributed by atoms with Crippen molar-refractivity contribution in [3.63, 3.8) is 0 Å². The zero-order valence-corrected chi connectivity index (χ0v) is 19.0. The Morgan fingerprint density at radius 1 is 1.09 bits per heavy atom. The molecule has 0 atom stereocenters. The first-order valence-corrected chi connectivity index (χ1v) is 11.8. The predicted molar refractivity (Wildman–Crippen MR) is 127 cm³/mol. The van der Waals surface area contributed by atoms with Crippen LogP contribution in [-0.4, -0.2) is 40.0 Å². The number of aryl methyl sites for hydroxylation is 2. The monoisotopic (exact) mass is 450 g/mol. The van der Waals surface area contributed by atoms with Gasteiger partial charge in [0.15, 0.2) is 0 Å². The highest BCUT2D eigenvalue weighted by atomic mass is 32.2. The van der Waals surface area contributed by atoms with E-state index in [0.717, 1.165) is 46.7 Å². The number of anilines is 2. The second-order valence-corrected chi connectivity index (χ2v) is 9.16. The number of carbonyl (C=O) groups is 2. The van der Waals surface area contributed by atoms with Crippen LogP contribution in [0.1, 0.15) is 24.0 Å². The van der Waals surface area contributed by atoms with Gasteiger partial charge < -0.3 is 14.7 Å². The zero-order chi connectivity index (χ0) is 22.5. The van der Waals surface area contributed by atoms with Crippen LogP contribution in [0.25, 0.3) is 11.4 Å². The van der Waals surface area contributed by atoms with Crippen LogP contribution in [0.5, 0.6) is 0 Å². The summed E-state index contributed by atoms with van der Waals surface area (Å²) in [6.07, 6.45) is 2.98. The molecule has 7 nitrogen and oxygen atoms in total. The highest BCUT2D eigenvalue weighted by Gasteiger charge is 2.30. The summed E-state index contributed by atoms with van der Waals surface area (Å²) < 4.78 is 4.77. The van der Waals surface area contributed by atoms with Crippen molar-refractivity contribution in [3.05, 3.63) is 60.0 Å². The number of benzene rings is 2. The average Bonchev–Trinajstić information content (AvgIpc) is 3.34. The molecule has 0 radical (unpaired) electrons. The molecule has 2 heterocycles. The summed E-state index contributed by atoms with van der Waals surface area (Å²) in [6.45, 7) is 3.93. The van der Waals surface area contributed by atoms with E-state index in [4.69, 9.17) is 4.52 Å². The molecule has 166 valence electrons. The first-order chi connectivity index (χ1) is 15.5.